The summed E-state index contributed by atoms with van der Waals surface area (Å²) in [4.78, 5) is 4.66. The van der Waals surface area contributed by atoms with E-state index in [-0.39, 0.29) is 29.4 Å². The topological polar surface area (TPSA) is 150 Å². The van der Waals surface area contributed by atoms with Gasteiger partial charge in [-0.3, -0.25) is 4.31 Å². The molecule has 20 rings (SSSR count). The maximum Gasteiger partial charge on any atom is 0.264 e. The lowest BCUT2D eigenvalue weighted by atomic mass is 9.99. The molecule has 23 heteroatoms. The van der Waals surface area contributed by atoms with E-state index in [0.717, 1.165) is 125 Å². The summed E-state index contributed by atoms with van der Waals surface area (Å²) in [6.07, 6.45) is 6.47. The van der Waals surface area contributed by atoms with E-state index in [1.165, 1.54) is 140 Å². The number of nitrogens with two attached hydrogens (primary N) is 1. The van der Waals surface area contributed by atoms with Gasteiger partial charge in [0.2, 0.25) is 5.82 Å². The average molecular weight is 1810 g/mol. The molecule has 0 spiro atoms. The number of aromatic nitrogens is 2. The number of hydrogen-bond acceptors (Lipinski definition) is 11. The van der Waals surface area contributed by atoms with Gasteiger partial charge in [0.15, 0.2) is 34.9 Å². The van der Waals surface area contributed by atoms with Gasteiger partial charge in [0.05, 0.1) is 74.4 Å². The highest BCUT2D eigenvalue weighted by Gasteiger charge is 2.37. The smallest absolute Gasteiger partial charge is 0.264 e. The molecular formula is C110H91F8N7O7S. The molecule has 0 aliphatic carbocycles. The van der Waals surface area contributed by atoms with Crippen LogP contribution in [0, 0.1) is 57.9 Å². The minimum absolute atomic E-state index is 0.0594. The van der Waals surface area contributed by atoms with E-state index < -0.39 is 61.9 Å². The predicted octanol–water partition coefficient (Wildman–Crippen LogP) is 25.3. The highest BCUT2D eigenvalue weighted by atomic mass is 32.2. The van der Waals surface area contributed by atoms with Crippen molar-refractivity contribution in [1.82, 2.24) is 9.13 Å². The SMILES string of the molecule is COc1ccc(CN2CCc3cccc(-c4ccc(F)c(F)c4)c32)cc1.COc1ccc(CN2CCc3cccc(-c4ccc(N)cc4)c32)cc1.COc1ccc(Cn2ccc3cccc(-c4ccc(C#N)cc4)c32)cc1.COc1ccc(Cn2ccc3cccc(-c4ccc(F)cc4)c32)cc1.COc1ccc(S(=O)(=O)N2CCc3cccc(-c4c(F)c(F)c(F)c(F)c4F)c32)cc1. The Balaban J connectivity index is 0.000000121. The Morgan fingerprint density at radius 2 is 0.699 bits per heavy atom. The Morgan fingerprint density at radius 3 is 1.13 bits per heavy atom. The van der Waals surface area contributed by atoms with E-state index in [1.54, 1.807) is 34.5 Å². The number of nitrogens with zero attached hydrogens (tertiary/aromatic N) is 6. The number of para-hydroxylation sites is 5. The van der Waals surface area contributed by atoms with Gasteiger partial charge in [-0.25, -0.2) is 43.5 Å². The van der Waals surface area contributed by atoms with Gasteiger partial charge in [0.1, 0.15) is 34.6 Å². The normalized spacial score (nSPS) is 12.2. The molecule has 15 aromatic carbocycles. The third-order valence-electron chi connectivity index (χ3n) is 23.9. The number of hydrogen-bond donors (Lipinski definition) is 1. The molecule has 17 aromatic rings. The number of methoxy groups -OCH3 is 5. The number of anilines is 4. The summed E-state index contributed by atoms with van der Waals surface area (Å²) < 4.78 is 168. The number of nitrogen functional groups attached to an aromatic ring is 1. The van der Waals surface area contributed by atoms with Crippen LogP contribution in [0.4, 0.5) is 57.9 Å². The van der Waals surface area contributed by atoms with Crippen LogP contribution in [-0.4, -0.2) is 72.7 Å². The first-order valence-electron chi connectivity index (χ1n) is 42.9. The number of nitriles is 1. The first kappa shape index (κ1) is 90.8. The van der Waals surface area contributed by atoms with Crippen molar-refractivity contribution in [2.24, 2.45) is 0 Å². The van der Waals surface area contributed by atoms with Crippen LogP contribution < -0.4 is 43.5 Å². The molecule has 0 amide bonds. The van der Waals surface area contributed by atoms with Crippen molar-refractivity contribution in [2.45, 2.75) is 50.3 Å². The first-order chi connectivity index (χ1) is 64.6. The molecule has 5 heterocycles. The Labute approximate surface area is 766 Å². The molecule has 0 bridgehead atoms. The van der Waals surface area contributed by atoms with Gasteiger partial charge in [-0.1, -0.05) is 182 Å². The van der Waals surface area contributed by atoms with Gasteiger partial charge in [-0.15, -0.1) is 0 Å². The lowest BCUT2D eigenvalue weighted by molar-refractivity contribution is 0.381. The summed E-state index contributed by atoms with van der Waals surface area (Å²) in [5.41, 5.74) is 26.9. The molecular weight excluding hydrogens is 1720 g/mol. The fourth-order valence-electron chi connectivity index (χ4n) is 17.1. The molecule has 14 nitrogen and oxygen atoms in total. The molecule has 0 atom stereocenters. The molecule has 0 radical (unpaired) electrons. The van der Waals surface area contributed by atoms with Crippen LogP contribution in [0.1, 0.15) is 44.5 Å². The van der Waals surface area contributed by atoms with Gasteiger partial charge in [-0.2, -0.15) is 5.26 Å². The number of halogens is 8. The Kier molecular flexibility index (Phi) is 27.7. The van der Waals surface area contributed by atoms with Crippen LogP contribution in [0.3, 0.4) is 0 Å². The van der Waals surface area contributed by atoms with Crippen molar-refractivity contribution in [3.63, 3.8) is 0 Å². The molecule has 670 valence electrons. The van der Waals surface area contributed by atoms with Crippen molar-refractivity contribution in [3.05, 3.63) is 419 Å². The minimum Gasteiger partial charge on any atom is -0.497 e. The first-order valence-corrected chi connectivity index (χ1v) is 44.3. The second-order valence-corrected chi connectivity index (χ2v) is 33.8. The van der Waals surface area contributed by atoms with Gasteiger partial charge in [0.25, 0.3) is 10.0 Å². The maximum absolute atomic E-state index is 14.5. The van der Waals surface area contributed by atoms with E-state index in [0.29, 0.717) is 22.4 Å². The van der Waals surface area contributed by atoms with Crippen molar-refractivity contribution in [1.29, 1.82) is 5.26 Å². The quantitative estimate of drug-likeness (QED) is 0.0336. The van der Waals surface area contributed by atoms with Crippen LogP contribution in [0.2, 0.25) is 0 Å². The molecule has 0 saturated carbocycles. The number of ether oxygens (including phenoxy) is 5. The number of fused-ring (bicyclic) bond motifs is 5. The van der Waals surface area contributed by atoms with E-state index in [9.17, 15) is 43.5 Å². The summed E-state index contributed by atoms with van der Waals surface area (Å²) in [6.45, 7) is 5.12. The number of rotatable bonds is 20. The molecule has 3 aliphatic rings. The van der Waals surface area contributed by atoms with Gasteiger partial charge < -0.3 is 48.4 Å². The molecule has 0 unspecified atom stereocenters. The minimum atomic E-state index is -4.19. The van der Waals surface area contributed by atoms with Crippen molar-refractivity contribution < 1.29 is 67.2 Å². The third kappa shape index (κ3) is 20.0. The largest absolute Gasteiger partial charge is 0.497 e. The predicted molar refractivity (Wildman–Crippen MR) is 510 cm³/mol. The average Bonchev–Trinajstić information content (AvgIpc) is 1.64. The zero-order valence-electron chi connectivity index (χ0n) is 73.3. The van der Waals surface area contributed by atoms with Crippen molar-refractivity contribution >= 4 is 54.6 Å². The molecule has 0 fully saturated rings. The van der Waals surface area contributed by atoms with Crippen LogP contribution in [0.5, 0.6) is 28.7 Å². The highest BCUT2D eigenvalue weighted by Crippen LogP contribution is 2.46. The zero-order chi connectivity index (χ0) is 93.0. The molecule has 3 aliphatic heterocycles. The van der Waals surface area contributed by atoms with E-state index in [2.05, 4.69) is 165 Å². The molecule has 133 heavy (non-hydrogen) atoms. The van der Waals surface area contributed by atoms with Crippen LogP contribution >= 0.6 is 0 Å². The fourth-order valence-corrected chi connectivity index (χ4v) is 18.6. The standard InChI is InChI=1S/C23H18N2O.C22H19F2NO.C22H18FNO.C22H22N2O.C21H14F5NO3S/c1-26-21-11-7-18(8-12-21)16-25-14-13-20-3-2-4-22(23(20)25)19-9-5-17(15-24)6-10-19;1-26-18-8-5-15(6-9-18)14-25-12-11-16-3-2-4-19(22(16)25)17-7-10-20(23)21(24)13-17;2*1-25-20-11-5-16(6-12-20)15-24-14-13-18-3-2-4-21(22(18)24)17-7-9-19(23)10-8-17;1-30-12-5-7-13(8-6-12)31(28,29)27-10-9-11-3-2-4-14(21(11)27)15-16(22)18(24)20(26)19(25)17(15)23/h2-14H,16H2,1H3;2-10,13H,11-12,14H2,1H3;2-14H,15H2,1H3;2-12H,13-15,23H2,1H3;2-8H,9-10H2,1H3. The maximum atomic E-state index is 14.5. The summed E-state index contributed by atoms with van der Waals surface area (Å²) >= 11 is 0. The fraction of sp³-hybridized carbons (Fsp3) is 0.136. The van der Waals surface area contributed by atoms with Crippen LogP contribution in [0.25, 0.3) is 77.4 Å². The second-order valence-electron chi connectivity index (χ2n) is 31.9. The summed E-state index contributed by atoms with van der Waals surface area (Å²) in [5, 5.41) is 11.4. The van der Waals surface area contributed by atoms with Gasteiger partial charge >= 0.3 is 0 Å². The van der Waals surface area contributed by atoms with E-state index >= 15 is 0 Å². The van der Waals surface area contributed by atoms with E-state index in [1.807, 2.05) is 115 Å². The Bertz CT molecular complexity index is 7160. The van der Waals surface area contributed by atoms with Gasteiger partial charge in [0, 0.05) is 114 Å². The summed E-state index contributed by atoms with van der Waals surface area (Å²) in [7, 11) is 3.92. The lowest BCUT2D eigenvalue weighted by Crippen LogP contribution is -2.29. The van der Waals surface area contributed by atoms with Crippen LogP contribution in [-0.2, 0) is 55.5 Å². The van der Waals surface area contributed by atoms with Gasteiger partial charge in [-0.05, 0) is 214 Å². The number of sulfonamides is 1. The van der Waals surface area contributed by atoms with Crippen molar-refractivity contribution in [3.8, 4) is 90.5 Å². The Hall–Kier alpha value is -15.5. The van der Waals surface area contributed by atoms with E-state index in [4.69, 9.17) is 34.7 Å². The summed E-state index contributed by atoms with van der Waals surface area (Å²) in [6, 6.07) is 100. The monoisotopic (exact) mass is 1810 g/mol. The Morgan fingerprint density at radius 1 is 0.346 bits per heavy atom. The molecule has 2 N–H and O–H groups in total. The lowest BCUT2D eigenvalue weighted by Gasteiger charge is -2.23. The number of benzene rings is 15. The van der Waals surface area contributed by atoms with Crippen molar-refractivity contribution in [2.75, 3.05) is 75.0 Å². The third-order valence-corrected chi connectivity index (χ3v) is 25.7. The molecule has 0 saturated heterocycles. The highest BCUT2D eigenvalue weighted by molar-refractivity contribution is 7.92. The zero-order valence-corrected chi connectivity index (χ0v) is 74.1. The summed E-state index contributed by atoms with van der Waals surface area (Å²) in [5.74, 6) is -8.54. The molecule has 2 aromatic heterocycles. The second kappa shape index (κ2) is 40.6. The van der Waals surface area contributed by atoms with Crippen LogP contribution in [0.15, 0.2) is 333 Å².